The Morgan fingerprint density at radius 1 is 1.29 bits per heavy atom. The maximum atomic E-state index is 3.77. The fourth-order valence-electron chi connectivity index (χ4n) is 4.09. The Morgan fingerprint density at radius 3 is 2.81 bits per heavy atom. The number of hydrogen-bond donors (Lipinski definition) is 1. The molecule has 116 valence electrons. The molecule has 2 aliphatic rings. The largest absolute Gasteiger partial charge is 0.311 e. The van der Waals surface area contributed by atoms with Gasteiger partial charge in [0, 0.05) is 37.6 Å². The number of benzene rings is 1. The summed E-state index contributed by atoms with van der Waals surface area (Å²) < 4.78 is 0. The molecule has 21 heavy (non-hydrogen) atoms. The van der Waals surface area contributed by atoms with Gasteiger partial charge in [-0.05, 0) is 36.3 Å². The first-order valence-corrected chi connectivity index (χ1v) is 8.72. The Balaban J connectivity index is 1.62. The van der Waals surface area contributed by atoms with Crippen LogP contribution in [0, 0.1) is 5.92 Å². The van der Waals surface area contributed by atoms with Gasteiger partial charge in [0.15, 0.2) is 0 Å². The molecule has 1 saturated heterocycles. The molecular weight excluding hydrogens is 256 g/mol. The van der Waals surface area contributed by atoms with E-state index in [0.717, 1.165) is 17.9 Å². The van der Waals surface area contributed by atoms with Crippen LogP contribution in [-0.2, 0) is 6.42 Å². The molecule has 3 rings (SSSR count). The summed E-state index contributed by atoms with van der Waals surface area (Å²) >= 11 is 0. The third-order valence-corrected chi connectivity index (χ3v) is 5.26. The van der Waals surface area contributed by atoms with Gasteiger partial charge in [-0.1, -0.05) is 45.0 Å². The third kappa shape index (κ3) is 3.32. The lowest BCUT2D eigenvalue weighted by Crippen LogP contribution is -2.57. The molecule has 1 fully saturated rings. The van der Waals surface area contributed by atoms with Gasteiger partial charge in [-0.2, -0.15) is 0 Å². The number of nitrogens with zero attached hydrogens (tertiary/aromatic N) is 1. The van der Waals surface area contributed by atoms with E-state index in [1.165, 1.54) is 38.9 Å². The summed E-state index contributed by atoms with van der Waals surface area (Å²) in [6.45, 7) is 10.7. The molecular formula is C19H30N2. The van der Waals surface area contributed by atoms with Crippen LogP contribution in [0.1, 0.15) is 50.7 Å². The lowest BCUT2D eigenvalue weighted by molar-refractivity contribution is 0.108. The van der Waals surface area contributed by atoms with Crippen LogP contribution < -0.4 is 5.32 Å². The highest BCUT2D eigenvalue weighted by atomic mass is 15.2. The average molecular weight is 286 g/mol. The molecule has 0 amide bonds. The summed E-state index contributed by atoms with van der Waals surface area (Å²) in [7, 11) is 0. The van der Waals surface area contributed by atoms with Crippen molar-refractivity contribution in [3.63, 3.8) is 0 Å². The summed E-state index contributed by atoms with van der Waals surface area (Å²) in [5.74, 6) is 1.56. The molecule has 3 unspecified atom stereocenters. The van der Waals surface area contributed by atoms with Gasteiger partial charge in [0.05, 0.1) is 0 Å². The average Bonchev–Trinajstić information content (AvgIpc) is 2.44. The molecule has 1 aliphatic heterocycles. The van der Waals surface area contributed by atoms with Gasteiger partial charge in [-0.15, -0.1) is 0 Å². The van der Waals surface area contributed by atoms with E-state index >= 15 is 0 Å². The van der Waals surface area contributed by atoms with Crippen LogP contribution in [0.5, 0.6) is 0 Å². The van der Waals surface area contributed by atoms with Crippen LogP contribution in [0.15, 0.2) is 24.3 Å². The number of fused-ring (bicyclic) bond motifs is 1. The topological polar surface area (TPSA) is 15.3 Å². The van der Waals surface area contributed by atoms with Crippen LogP contribution in [0.25, 0.3) is 0 Å². The Kier molecular flexibility index (Phi) is 4.66. The monoisotopic (exact) mass is 286 g/mol. The van der Waals surface area contributed by atoms with Crippen LogP contribution in [0.3, 0.4) is 0 Å². The normalized spacial score (nSPS) is 29.2. The highest BCUT2D eigenvalue weighted by Crippen LogP contribution is 2.36. The smallest absolute Gasteiger partial charge is 0.0219 e. The van der Waals surface area contributed by atoms with Crippen molar-refractivity contribution in [1.29, 1.82) is 0 Å². The number of nitrogens with one attached hydrogen (secondary N) is 1. The standard InChI is InChI=1S/C19H30N2/c1-4-18-11-20-17(9-14(2)3)13-21(18)12-16-10-15-7-5-6-8-19(15)16/h5-8,14,16-18,20H,4,9-13H2,1-3H3. The molecule has 0 spiro atoms. The van der Waals surface area contributed by atoms with E-state index in [1.807, 2.05) is 0 Å². The molecule has 0 bridgehead atoms. The van der Waals surface area contributed by atoms with E-state index in [-0.39, 0.29) is 0 Å². The van der Waals surface area contributed by atoms with Gasteiger partial charge in [-0.3, -0.25) is 4.90 Å². The van der Waals surface area contributed by atoms with E-state index in [9.17, 15) is 0 Å². The third-order valence-electron chi connectivity index (χ3n) is 5.26. The first-order valence-electron chi connectivity index (χ1n) is 8.72. The van der Waals surface area contributed by atoms with Crippen molar-refractivity contribution in [2.75, 3.05) is 19.6 Å². The maximum absolute atomic E-state index is 3.77. The lowest BCUT2D eigenvalue weighted by Gasteiger charge is -2.44. The first-order chi connectivity index (χ1) is 10.2. The van der Waals surface area contributed by atoms with Crippen molar-refractivity contribution in [3.05, 3.63) is 35.4 Å². The van der Waals surface area contributed by atoms with E-state index in [4.69, 9.17) is 0 Å². The van der Waals surface area contributed by atoms with Gasteiger partial charge in [0.1, 0.15) is 0 Å². The van der Waals surface area contributed by atoms with Crippen molar-refractivity contribution >= 4 is 0 Å². The predicted molar refractivity (Wildman–Crippen MR) is 89.8 cm³/mol. The summed E-state index contributed by atoms with van der Waals surface area (Å²) in [5.41, 5.74) is 3.18. The van der Waals surface area contributed by atoms with E-state index < -0.39 is 0 Å². The molecule has 1 aromatic rings. The Labute approximate surface area is 129 Å². The molecule has 2 heteroatoms. The molecule has 0 saturated carbocycles. The molecule has 1 aromatic carbocycles. The molecule has 3 atom stereocenters. The van der Waals surface area contributed by atoms with Crippen LogP contribution >= 0.6 is 0 Å². The highest BCUT2D eigenvalue weighted by molar-refractivity contribution is 5.40. The van der Waals surface area contributed by atoms with Gasteiger partial charge in [0.25, 0.3) is 0 Å². The summed E-state index contributed by atoms with van der Waals surface area (Å²) in [4.78, 5) is 2.77. The Hall–Kier alpha value is -0.860. The Morgan fingerprint density at radius 2 is 2.10 bits per heavy atom. The summed E-state index contributed by atoms with van der Waals surface area (Å²) in [6, 6.07) is 10.4. The summed E-state index contributed by atoms with van der Waals surface area (Å²) in [5, 5.41) is 3.77. The molecule has 1 heterocycles. The second kappa shape index (κ2) is 6.50. The van der Waals surface area contributed by atoms with E-state index in [1.54, 1.807) is 11.1 Å². The molecule has 0 radical (unpaired) electrons. The zero-order valence-electron chi connectivity index (χ0n) is 13.8. The predicted octanol–water partition coefficient (Wildman–Crippen LogP) is 3.42. The Bertz CT molecular complexity index is 468. The van der Waals surface area contributed by atoms with Gasteiger partial charge in [-0.25, -0.2) is 0 Å². The van der Waals surface area contributed by atoms with Crippen molar-refractivity contribution in [2.24, 2.45) is 5.92 Å². The quantitative estimate of drug-likeness (QED) is 0.892. The lowest BCUT2D eigenvalue weighted by atomic mass is 9.77. The summed E-state index contributed by atoms with van der Waals surface area (Å²) in [6.07, 6.45) is 3.84. The molecule has 1 aliphatic carbocycles. The molecule has 2 nitrogen and oxygen atoms in total. The van der Waals surface area contributed by atoms with Crippen LogP contribution in [-0.4, -0.2) is 36.6 Å². The van der Waals surface area contributed by atoms with E-state index in [2.05, 4.69) is 55.3 Å². The number of hydrogen-bond acceptors (Lipinski definition) is 2. The van der Waals surface area contributed by atoms with Crippen LogP contribution in [0.2, 0.25) is 0 Å². The zero-order valence-corrected chi connectivity index (χ0v) is 13.8. The van der Waals surface area contributed by atoms with Gasteiger partial charge >= 0.3 is 0 Å². The first kappa shape index (κ1) is 15.1. The minimum absolute atomic E-state index is 0.683. The van der Waals surface area contributed by atoms with Crippen molar-refractivity contribution in [1.82, 2.24) is 10.2 Å². The second-order valence-electron chi connectivity index (χ2n) is 7.35. The second-order valence-corrected chi connectivity index (χ2v) is 7.35. The van der Waals surface area contributed by atoms with E-state index in [0.29, 0.717) is 6.04 Å². The number of rotatable bonds is 5. The fraction of sp³-hybridized carbons (Fsp3) is 0.684. The van der Waals surface area contributed by atoms with Crippen LogP contribution in [0.4, 0.5) is 0 Å². The van der Waals surface area contributed by atoms with Gasteiger partial charge < -0.3 is 5.32 Å². The minimum atomic E-state index is 0.683. The zero-order chi connectivity index (χ0) is 14.8. The SMILES string of the molecule is CCC1CNC(CC(C)C)CN1CC1Cc2ccccc21. The van der Waals surface area contributed by atoms with Crippen molar-refractivity contribution in [3.8, 4) is 0 Å². The van der Waals surface area contributed by atoms with Gasteiger partial charge in [0.2, 0.25) is 0 Å². The fourth-order valence-corrected chi connectivity index (χ4v) is 4.09. The molecule has 0 aromatic heterocycles. The van der Waals surface area contributed by atoms with Crippen molar-refractivity contribution in [2.45, 2.75) is 58.0 Å². The highest BCUT2D eigenvalue weighted by Gasteiger charge is 2.32. The van der Waals surface area contributed by atoms with Crippen molar-refractivity contribution < 1.29 is 0 Å². The molecule has 1 N–H and O–H groups in total. The number of piperazine rings is 1. The minimum Gasteiger partial charge on any atom is -0.311 e. The maximum Gasteiger partial charge on any atom is 0.0219 e.